The molecule has 0 spiro atoms. The Morgan fingerprint density at radius 2 is 2.12 bits per heavy atom. The Kier molecular flexibility index (Phi) is 3.99. The molecule has 0 aliphatic carbocycles. The Hall–Kier alpha value is -1.91. The van der Waals surface area contributed by atoms with Gasteiger partial charge in [0.15, 0.2) is 11.6 Å². The molecule has 0 amide bonds. The largest absolute Gasteiger partial charge is 0.494 e. The molecule has 16 heavy (non-hydrogen) atoms. The number of esters is 1. The molecule has 0 aliphatic rings. The Bertz CT molecular complexity index is 415. The van der Waals surface area contributed by atoms with Gasteiger partial charge in [0.25, 0.3) is 0 Å². The smallest absolute Gasteiger partial charge is 0.310 e. The lowest BCUT2D eigenvalue weighted by molar-refractivity contribution is -0.139. The van der Waals surface area contributed by atoms with Gasteiger partial charge in [-0.05, 0) is 17.7 Å². The van der Waals surface area contributed by atoms with E-state index in [2.05, 4.69) is 4.74 Å². The van der Waals surface area contributed by atoms with E-state index in [1.54, 1.807) is 0 Å². The lowest BCUT2D eigenvalue weighted by Crippen LogP contribution is -2.07. The molecule has 0 saturated carbocycles. The Labute approximate surface area is 92.0 Å². The van der Waals surface area contributed by atoms with Gasteiger partial charge in [-0.1, -0.05) is 0 Å². The summed E-state index contributed by atoms with van der Waals surface area (Å²) in [5, 5.41) is 0. The SMILES string of the molecule is COC(=O)Cc1cc(OC)c(F)cc1C=O. The lowest BCUT2D eigenvalue weighted by atomic mass is 10.0. The normalized spacial score (nSPS) is 9.69. The zero-order chi connectivity index (χ0) is 12.1. The van der Waals surface area contributed by atoms with E-state index in [1.807, 2.05) is 0 Å². The molecule has 0 saturated heterocycles. The molecule has 1 aromatic carbocycles. The van der Waals surface area contributed by atoms with E-state index in [-0.39, 0.29) is 17.7 Å². The molecule has 0 radical (unpaired) electrons. The molecule has 0 aromatic heterocycles. The number of benzene rings is 1. The summed E-state index contributed by atoms with van der Waals surface area (Å²) in [4.78, 5) is 21.8. The third-order valence-corrected chi connectivity index (χ3v) is 2.10. The molecule has 1 aromatic rings. The maximum atomic E-state index is 13.2. The minimum absolute atomic E-state index is 0.00972. The summed E-state index contributed by atoms with van der Waals surface area (Å²) in [5.74, 6) is -1.15. The van der Waals surface area contributed by atoms with Gasteiger partial charge in [-0.15, -0.1) is 0 Å². The van der Waals surface area contributed by atoms with Gasteiger partial charge >= 0.3 is 5.97 Å². The zero-order valence-corrected chi connectivity index (χ0v) is 8.95. The van der Waals surface area contributed by atoms with Crippen molar-refractivity contribution in [2.75, 3.05) is 14.2 Å². The fourth-order valence-electron chi connectivity index (χ4n) is 1.26. The van der Waals surface area contributed by atoms with Crippen LogP contribution in [0.15, 0.2) is 12.1 Å². The first-order valence-corrected chi connectivity index (χ1v) is 4.50. The second kappa shape index (κ2) is 5.25. The van der Waals surface area contributed by atoms with Crippen LogP contribution in [0.1, 0.15) is 15.9 Å². The maximum Gasteiger partial charge on any atom is 0.310 e. The van der Waals surface area contributed by atoms with Crippen LogP contribution in [0.2, 0.25) is 0 Å². The van der Waals surface area contributed by atoms with E-state index in [4.69, 9.17) is 4.74 Å². The number of hydrogen-bond acceptors (Lipinski definition) is 4. The summed E-state index contributed by atoms with van der Waals surface area (Å²) >= 11 is 0. The Balaban J connectivity index is 3.14. The van der Waals surface area contributed by atoms with Gasteiger partial charge in [0.1, 0.15) is 6.29 Å². The van der Waals surface area contributed by atoms with Crippen LogP contribution in [0, 0.1) is 5.82 Å². The van der Waals surface area contributed by atoms with Crippen molar-refractivity contribution in [3.63, 3.8) is 0 Å². The fraction of sp³-hybridized carbons (Fsp3) is 0.273. The van der Waals surface area contributed by atoms with Gasteiger partial charge in [-0.3, -0.25) is 9.59 Å². The van der Waals surface area contributed by atoms with Crippen LogP contribution in [0.4, 0.5) is 4.39 Å². The van der Waals surface area contributed by atoms with E-state index in [9.17, 15) is 14.0 Å². The number of ether oxygens (including phenoxy) is 2. The summed E-state index contributed by atoms with van der Waals surface area (Å²) in [7, 11) is 2.55. The predicted octanol–water partition coefficient (Wildman–Crippen LogP) is 1.36. The highest BCUT2D eigenvalue weighted by atomic mass is 19.1. The molecule has 0 bridgehead atoms. The van der Waals surface area contributed by atoms with E-state index in [0.717, 1.165) is 6.07 Å². The lowest BCUT2D eigenvalue weighted by Gasteiger charge is -2.07. The van der Waals surface area contributed by atoms with Crippen LogP contribution < -0.4 is 4.74 Å². The summed E-state index contributed by atoms with van der Waals surface area (Å²) in [6.07, 6.45) is 0.391. The molecule has 0 N–H and O–H groups in total. The zero-order valence-electron chi connectivity index (χ0n) is 8.95. The van der Waals surface area contributed by atoms with Crippen molar-refractivity contribution < 1.29 is 23.5 Å². The average molecular weight is 226 g/mol. The highest BCUT2D eigenvalue weighted by Crippen LogP contribution is 2.22. The van der Waals surface area contributed by atoms with Crippen LogP contribution in [0.25, 0.3) is 0 Å². The number of aldehydes is 1. The van der Waals surface area contributed by atoms with E-state index < -0.39 is 11.8 Å². The standard InChI is InChI=1S/C11H11FO4/c1-15-10-4-7(5-11(14)16-2)8(6-13)3-9(10)12/h3-4,6H,5H2,1-2H3. The van der Waals surface area contributed by atoms with Crippen LogP contribution >= 0.6 is 0 Å². The molecule has 5 heteroatoms. The van der Waals surface area contributed by atoms with Crippen molar-refractivity contribution in [1.82, 2.24) is 0 Å². The monoisotopic (exact) mass is 226 g/mol. The van der Waals surface area contributed by atoms with Crippen molar-refractivity contribution >= 4 is 12.3 Å². The van der Waals surface area contributed by atoms with Crippen LogP contribution in [-0.2, 0) is 16.0 Å². The topological polar surface area (TPSA) is 52.6 Å². The summed E-state index contributed by atoms with van der Waals surface area (Å²) in [6.45, 7) is 0. The molecule has 1 rings (SSSR count). The molecule has 4 nitrogen and oxygen atoms in total. The highest BCUT2D eigenvalue weighted by molar-refractivity contribution is 5.82. The van der Waals surface area contributed by atoms with Crippen molar-refractivity contribution in [3.05, 3.63) is 29.1 Å². The number of methoxy groups -OCH3 is 2. The first-order valence-electron chi connectivity index (χ1n) is 4.50. The van der Waals surface area contributed by atoms with Gasteiger partial charge in [-0.25, -0.2) is 4.39 Å². The van der Waals surface area contributed by atoms with E-state index in [0.29, 0.717) is 11.8 Å². The van der Waals surface area contributed by atoms with Gasteiger partial charge in [0, 0.05) is 5.56 Å². The van der Waals surface area contributed by atoms with Crippen LogP contribution in [-0.4, -0.2) is 26.5 Å². The second-order valence-electron chi connectivity index (χ2n) is 3.06. The first kappa shape index (κ1) is 12.2. The van der Waals surface area contributed by atoms with Crippen molar-refractivity contribution in [2.45, 2.75) is 6.42 Å². The van der Waals surface area contributed by atoms with Gasteiger partial charge in [-0.2, -0.15) is 0 Å². The number of carbonyl (C=O) groups is 2. The second-order valence-corrected chi connectivity index (χ2v) is 3.06. The highest BCUT2D eigenvalue weighted by Gasteiger charge is 2.13. The minimum Gasteiger partial charge on any atom is -0.494 e. The Morgan fingerprint density at radius 3 is 2.62 bits per heavy atom. The van der Waals surface area contributed by atoms with Crippen molar-refractivity contribution in [1.29, 1.82) is 0 Å². The summed E-state index contributed by atoms with van der Waals surface area (Å²) in [5.41, 5.74) is 0.490. The molecule has 0 aliphatic heterocycles. The van der Waals surface area contributed by atoms with Crippen LogP contribution in [0.5, 0.6) is 5.75 Å². The number of rotatable bonds is 4. The molecule has 86 valence electrons. The molecule has 0 heterocycles. The van der Waals surface area contributed by atoms with E-state index in [1.165, 1.54) is 20.3 Å². The van der Waals surface area contributed by atoms with Gasteiger partial charge in [0.05, 0.1) is 20.6 Å². The molecule has 0 fully saturated rings. The van der Waals surface area contributed by atoms with Gasteiger partial charge < -0.3 is 9.47 Å². The summed E-state index contributed by atoms with van der Waals surface area (Å²) < 4.78 is 22.5. The van der Waals surface area contributed by atoms with Crippen molar-refractivity contribution in [3.8, 4) is 5.75 Å². The number of hydrogen-bond donors (Lipinski definition) is 0. The predicted molar refractivity (Wildman–Crippen MR) is 54.1 cm³/mol. The molecule has 0 unspecified atom stereocenters. The quantitative estimate of drug-likeness (QED) is 0.574. The minimum atomic E-state index is -0.641. The fourth-order valence-corrected chi connectivity index (χ4v) is 1.26. The summed E-state index contributed by atoms with van der Waals surface area (Å²) in [6, 6.07) is 2.35. The maximum absolute atomic E-state index is 13.2. The third-order valence-electron chi connectivity index (χ3n) is 2.10. The average Bonchev–Trinajstić information content (AvgIpc) is 2.30. The molecule has 0 atom stereocenters. The number of halogens is 1. The molecular weight excluding hydrogens is 215 g/mol. The van der Waals surface area contributed by atoms with Crippen LogP contribution in [0.3, 0.4) is 0 Å². The van der Waals surface area contributed by atoms with Crippen molar-refractivity contribution in [2.24, 2.45) is 0 Å². The van der Waals surface area contributed by atoms with E-state index >= 15 is 0 Å². The third kappa shape index (κ3) is 2.56. The van der Waals surface area contributed by atoms with Gasteiger partial charge in [0.2, 0.25) is 0 Å². The first-order chi connectivity index (χ1) is 7.62. The number of carbonyl (C=O) groups excluding carboxylic acids is 2. The molecular formula is C11H11FO4. The Morgan fingerprint density at radius 1 is 1.44 bits per heavy atom.